The van der Waals surface area contributed by atoms with Crippen molar-refractivity contribution in [3.63, 3.8) is 0 Å². The second kappa shape index (κ2) is 4.10. The minimum Gasteiger partial charge on any atom is -0.324 e. The van der Waals surface area contributed by atoms with Gasteiger partial charge in [0.25, 0.3) is 0 Å². The molecule has 1 aromatic carbocycles. The largest absolute Gasteiger partial charge is 0.324 e. The summed E-state index contributed by atoms with van der Waals surface area (Å²) < 4.78 is 1.93. The van der Waals surface area contributed by atoms with Crippen molar-refractivity contribution in [2.75, 3.05) is 0 Å². The highest BCUT2D eigenvalue weighted by Crippen LogP contribution is 2.18. The van der Waals surface area contributed by atoms with Gasteiger partial charge in [-0.25, -0.2) is 4.68 Å². The van der Waals surface area contributed by atoms with Crippen LogP contribution in [0.4, 0.5) is 0 Å². The molecule has 0 radical (unpaired) electrons. The van der Waals surface area contributed by atoms with Crippen LogP contribution in [0.5, 0.6) is 0 Å². The molecular weight excluding hydrogens is 198 g/mol. The Hall–Kier alpha value is -1.61. The van der Waals surface area contributed by atoms with Crippen LogP contribution in [0, 0.1) is 13.8 Å². The van der Waals surface area contributed by atoms with Gasteiger partial charge in [-0.1, -0.05) is 17.7 Å². The second-order valence-corrected chi connectivity index (χ2v) is 4.22. The van der Waals surface area contributed by atoms with Crippen LogP contribution in [0.3, 0.4) is 0 Å². The van der Waals surface area contributed by atoms with E-state index in [-0.39, 0.29) is 6.04 Å². The van der Waals surface area contributed by atoms with Gasteiger partial charge >= 0.3 is 0 Å². The van der Waals surface area contributed by atoms with Gasteiger partial charge < -0.3 is 5.73 Å². The Morgan fingerprint density at radius 3 is 2.31 bits per heavy atom. The summed E-state index contributed by atoms with van der Waals surface area (Å²) in [4.78, 5) is 0. The number of benzene rings is 1. The first kappa shape index (κ1) is 10.9. The topological polar surface area (TPSA) is 43.8 Å². The molecule has 0 amide bonds. The molecule has 84 valence electrons. The first-order valence-electron chi connectivity index (χ1n) is 5.46. The highest BCUT2D eigenvalue weighted by molar-refractivity contribution is 5.37. The van der Waals surface area contributed by atoms with E-state index in [1.807, 2.05) is 24.7 Å². The maximum Gasteiger partial charge on any atom is 0.0648 e. The van der Waals surface area contributed by atoms with Crippen molar-refractivity contribution < 1.29 is 0 Å². The standard InChI is InChI=1S/C13H17N3/c1-9-4-6-12(7-5-9)16-11(3)13(8-15-16)10(2)14/h4-8,10H,14H2,1-3H3/t10-/m1/s1. The van der Waals surface area contributed by atoms with Gasteiger partial charge in [0, 0.05) is 17.3 Å². The molecule has 2 N–H and O–H groups in total. The monoisotopic (exact) mass is 215 g/mol. The van der Waals surface area contributed by atoms with Gasteiger partial charge in [-0.3, -0.25) is 0 Å². The molecule has 2 aromatic rings. The van der Waals surface area contributed by atoms with Crippen LogP contribution >= 0.6 is 0 Å². The molecule has 2 rings (SSSR count). The number of rotatable bonds is 2. The predicted octanol–water partition coefficient (Wildman–Crippen LogP) is 2.51. The lowest BCUT2D eigenvalue weighted by Crippen LogP contribution is -2.07. The Balaban J connectivity index is 2.45. The quantitative estimate of drug-likeness (QED) is 0.836. The molecule has 1 atom stereocenters. The molecule has 0 saturated heterocycles. The Labute approximate surface area is 95.9 Å². The third-order valence-corrected chi connectivity index (χ3v) is 2.82. The zero-order valence-electron chi connectivity index (χ0n) is 9.94. The normalized spacial score (nSPS) is 12.8. The van der Waals surface area contributed by atoms with Crippen molar-refractivity contribution >= 4 is 0 Å². The van der Waals surface area contributed by atoms with E-state index < -0.39 is 0 Å². The van der Waals surface area contributed by atoms with Crippen LogP contribution < -0.4 is 5.73 Å². The van der Waals surface area contributed by atoms with Crippen molar-refractivity contribution in [1.82, 2.24) is 9.78 Å². The number of hydrogen-bond acceptors (Lipinski definition) is 2. The molecule has 0 aliphatic rings. The molecule has 0 fully saturated rings. The highest BCUT2D eigenvalue weighted by atomic mass is 15.3. The Morgan fingerprint density at radius 1 is 1.19 bits per heavy atom. The Kier molecular flexibility index (Phi) is 2.79. The molecule has 0 aliphatic heterocycles. The smallest absolute Gasteiger partial charge is 0.0648 e. The fourth-order valence-corrected chi connectivity index (χ4v) is 1.82. The van der Waals surface area contributed by atoms with Crippen molar-refractivity contribution in [3.05, 3.63) is 47.3 Å². The summed E-state index contributed by atoms with van der Waals surface area (Å²) in [5, 5.41) is 4.37. The van der Waals surface area contributed by atoms with Crippen LogP contribution in [-0.2, 0) is 0 Å². The van der Waals surface area contributed by atoms with E-state index in [0.29, 0.717) is 0 Å². The zero-order chi connectivity index (χ0) is 11.7. The van der Waals surface area contributed by atoms with E-state index in [1.165, 1.54) is 5.56 Å². The van der Waals surface area contributed by atoms with Gasteiger partial charge in [0.2, 0.25) is 0 Å². The first-order valence-corrected chi connectivity index (χ1v) is 5.46. The predicted molar refractivity (Wildman–Crippen MR) is 65.6 cm³/mol. The van der Waals surface area contributed by atoms with Crippen molar-refractivity contribution in [2.45, 2.75) is 26.8 Å². The van der Waals surface area contributed by atoms with E-state index in [2.05, 4.69) is 36.3 Å². The summed E-state index contributed by atoms with van der Waals surface area (Å²) in [6.45, 7) is 6.10. The van der Waals surface area contributed by atoms with Gasteiger partial charge in [0.05, 0.1) is 11.9 Å². The van der Waals surface area contributed by atoms with E-state index in [0.717, 1.165) is 16.9 Å². The van der Waals surface area contributed by atoms with Gasteiger partial charge in [-0.15, -0.1) is 0 Å². The summed E-state index contributed by atoms with van der Waals surface area (Å²) in [5.74, 6) is 0. The summed E-state index contributed by atoms with van der Waals surface area (Å²) in [6.07, 6.45) is 1.85. The van der Waals surface area contributed by atoms with Crippen LogP contribution in [-0.4, -0.2) is 9.78 Å². The molecule has 3 heteroatoms. The molecule has 1 heterocycles. The number of nitrogens with zero attached hydrogens (tertiary/aromatic N) is 2. The lowest BCUT2D eigenvalue weighted by molar-refractivity contribution is 0.796. The molecule has 3 nitrogen and oxygen atoms in total. The van der Waals surface area contributed by atoms with Gasteiger partial charge in [-0.2, -0.15) is 5.10 Å². The summed E-state index contributed by atoms with van der Waals surface area (Å²) >= 11 is 0. The Morgan fingerprint density at radius 2 is 1.81 bits per heavy atom. The minimum atomic E-state index is 0.0270. The molecule has 1 aromatic heterocycles. The summed E-state index contributed by atoms with van der Waals surface area (Å²) in [7, 11) is 0. The third-order valence-electron chi connectivity index (χ3n) is 2.82. The fourth-order valence-electron chi connectivity index (χ4n) is 1.82. The van der Waals surface area contributed by atoms with E-state index in [9.17, 15) is 0 Å². The van der Waals surface area contributed by atoms with Gasteiger partial charge in [0.15, 0.2) is 0 Å². The van der Waals surface area contributed by atoms with Crippen LogP contribution in [0.25, 0.3) is 5.69 Å². The third kappa shape index (κ3) is 1.86. The maximum atomic E-state index is 5.88. The number of hydrogen-bond donors (Lipinski definition) is 1. The minimum absolute atomic E-state index is 0.0270. The SMILES string of the molecule is Cc1ccc(-n2ncc([C@@H](C)N)c2C)cc1. The van der Waals surface area contributed by atoms with Crippen molar-refractivity contribution in [2.24, 2.45) is 5.73 Å². The highest BCUT2D eigenvalue weighted by Gasteiger charge is 2.10. The molecule has 0 aliphatic carbocycles. The maximum absolute atomic E-state index is 5.88. The average molecular weight is 215 g/mol. The zero-order valence-corrected chi connectivity index (χ0v) is 9.94. The van der Waals surface area contributed by atoms with Crippen LogP contribution in [0.2, 0.25) is 0 Å². The summed E-state index contributed by atoms with van der Waals surface area (Å²) in [5.41, 5.74) is 10.4. The molecule has 0 unspecified atom stereocenters. The van der Waals surface area contributed by atoms with Gasteiger partial charge in [-0.05, 0) is 32.9 Å². The Bertz CT molecular complexity index is 480. The van der Waals surface area contributed by atoms with E-state index in [4.69, 9.17) is 5.73 Å². The second-order valence-electron chi connectivity index (χ2n) is 4.22. The van der Waals surface area contributed by atoms with Gasteiger partial charge in [0.1, 0.15) is 0 Å². The molecule has 0 spiro atoms. The van der Waals surface area contributed by atoms with Crippen molar-refractivity contribution in [1.29, 1.82) is 0 Å². The summed E-state index contributed by atoms with van der Waals surface area (Å²) in [6, 6.07) is 8.34. The lowest BCUT2D eigenvalue weighted by Gasteiger charge is -2.07. The lowest BCUT2D eigenvalue weighted by atomic mass is 10.1. The number of aromatic nitrogens is 2. The molecular formula is C13H17N3. The first-order chi connectivity index (χ1) is 7.59. The molecule has 16 heavy (non-hydrogen) atoms. The average Bonchev–Trinajstić information content (AvgIpc) is 2.61. The number of nitrogens with two attached hydrogens (primary N) is 1. The molecule has 0 saturated carbocycles. The van der Waals surface area contributed by atoms with Crippen LogP contribution in [0.1, 0.15) is 29.8 Å². The van der Waals surface area contributed by atoms with Crippen molar-refractivity contribution in [3.8, 4) is 5.69 Å². The molecule has 0 bridgehead atoms. The fraction of sp³-hybridized carbons (Fsp3) is 0.308. The van der Waals surface area contributed by atoms with E-state index >= 15 is 0 Å². The van der Waals surface area contributed by atoms with Crippen LogP contribution in [0.15, 0.2) is 30.5 Å². The van der Waals surface area contributed by atoms with E-state index in [1.54, 1.807) is 0 Å². The number of aryl methyl sites for hydroxylation is 1.